The zero-order chi connectivity index (χ0) is 11.5. The van der Waals surface area contributed by atoms with Crippen LogP contribution in [0, 0.1) is 12.3 Å². The van der Waals surface area contributed by atoms with E-state index in [9.17, 15) is 4.79 Å². The topological polar surface area (TPSA) is 41.1 Å². The van der Waals surface area contributed by atoms with Crippen molar-refractivity contribution in [1.82, 2.24) is 10.6 Å². The van der Waals surface area contributed by atoms with Gasteiger partial charge in [0, 0.05) is 25.4 Å². The van der Waals surface area contributed by atoms with Crippen molar-refractivity contribution >= 4 is 5.91 Å². The van der Waals surface area contributed by atoms with Gasteiger partial charge in [0.25, 0.3) is 0 Å². The lowest BCUT2D eigenvalue weighted by Crippen LogP contribution is -2.32. The van der Waals surface area contributed by atoms with Crippen LogP contribution in [0.5, 0.6) is 0 Å². The Bertz CT molecular complexity index is 206. The van der Waals surface area contributed by atoms with Crippen LogP contribution in [0.25, 0.3) is 0 Å². The minimum Gasteiger partial charge on any atom is -0.354 e. The molecular formula is C12H22N2O. The van der Waals surface area contributed by atoms with Crippen LogP contribution >= 0.6 is 0 Å². The summed E-state index contributed by atoms with van der Waals surface area (Å²) in [7, 11) is 0. The molecule has 0 unspecified atom stereocenters. The summed E-state index contributed by atoms with van der Waals surface area (Å²) in [6.07, 6.45) is 8.66. The molecule has 0 aliphatic heterocycles. The van der Waals surface area contributed by atoms with Gasteiger partial charge in [-0.05, 0) is 33.2 Å². The Labute approximate surface area is 93.0 Å². The van der Waals surface area contributed by atoms with Crippen LogP contribution in [0.4, 0.5) is 0 Å². The van der Waals surface area contributed by atoms with E-state index in [0.717, 1.165) is 32.4 Å². The highest BCUT2D eigenvalue weighted by atomic mass is 16.1. The highest BCUT2D eigenvalue weighted by Crippen LogP contribution is 1.91. The van der Waals surface area contributed by atoms with E-state index < -0.39 is 0 Å². The van der Waals surface area contributed by atoms with Crippen molar-refractivity contribution in [3.8, 4) is 12.3 Å². The first-order chi connectivity index (χ1) is 7.16. The summed E-state index contributed by atoms with van der Waals surface area (Å²) in [6.45, 7) is 5.61. The number of carbonyl (C=O) groups excluding carboxylic acids is 1. The summed E-state index contributed by atoms with van der Waals surface area (Å²) >= 11 is 0. The number of hydrogen-bond donors (Lipinski definition) is 2. The smallest absolute Gasteiger partial charge is 0.221 e. The van der Waals surface area contributed by atoms with Crippen molar-refractivity contribution in [3.05, 3.63) is 0 Å². The van der Waals surface area contributed by atoms with Gasteiger partial charge in [-0.15, -0.1) is 12.3 Å². The highest BCUT2D eigenvalue weighted by molar-refractivity contribution is 5.76. The molecule has 0 rings (SSSR count). The van der Waals surface area contributed by atoms with E-state index in [4.69, 9.17) is 6.42 Å². The van der Waals surface area contributed by atoms with Crippen molar-refractivity contribution < 1.29 is 4.79 Å². The summed E-state index contributed by atoms with van der Waals surface area (Å²) in [5, 5.41) is 6.07. The van der Waals surface area contributed by atoms with Gasteiger partial charge in [-0.2, -0.15) is 0 Å². The van der Waals surface area contributed by atoms with E-state index in [2.05, 4.69) is 16.6 Å². The number of rotatable bonds is 8. The van der Waals surface area contributed by atoms with Crippen LogP contribution in [0.2, 0.25) is 0 Å². The second kappa shape index (κ2) is 9.54. The van der Waals surface area contributed by atoms with Gasteiger partial charge in [-0.25, -0.2) is 0 Å². The Morgan fingerprint density at radius 2 is 2.07 bits per heavy atom. The molecule has 0 aromatic carbocycles. The van der Waals surface area contributed by atoms with E-state index in [1.54, 1.807) is 0 Å². The van der Waals surface area contributed by atoms with Gasteiger partial charge in [-0.1, -0.05) is 0 Å². The third-order valence-electron chi connectivity index (χ3n) is 1.90. The van der Waals surface area contributed by atoms with Crippen LogP contribution in [-0.4, -0.2) is 25.0 Å². The maximum atomic E-state index is 11.2. The Morgan fingerprint density at radius 3 is 2.67 bits per heavy atom. The number of amides is 1. The average molecular weight is 210 g/mol. The lowest BCUT2D eigenvalue weighted by molar-refractivity contribution is -0.121. The molecule has 1 amide bonds. The SMILES string of the molecule is C#CCCCCNCCC(=O)NC(C)C. The van der Waals surface area contributed by atoms with Crippen molar-refractivity contribution in [2.75, 3.05) is 13.1 Å². The molecule has 0 radical (unpaired) electrons. The molecule has 0 saturated carbocycles. The maximum absolute atomic E-state index is 11.2. The fraction of sp³-hybridized carbons (Fsp3) is 0.750. The molecule has 0 aliphatic carbocycles. The maximum Gasteiger partial charge on any atom is 0.221 e. The molecule has 0 aromatic heterocycles. The van der Waals surface area contributed by atoms with Gasteiger partial charge < -0.3 is 10.6 Å². The van der Waals surface area contributed by atoms with Gasteiger partial charge in [0.2, 0.25) is 5.91 Å². The summed E-state index contributed by atoms with van der Waals surface area (Å²) in [5.41, 5.74) is 0. The van der Waals surface area contributed by atoms with Gasteiger partial charge in [0.05, 0.1) is 0 Å². The monoisotopic (exact) mass is 210 g/mol. The number of nitrogens with one attached hydrogen (secondary N) is 2. The first kappa shape index (κ1) is 14.0. The van der Waals surface area contributed by atoms with E-state index in [1.165, 1.54) is 0 Å². The third-order valence-corrected chi connectivity index (χ3v) is 1.90. The average Bonchev–Trinajstić information content (AvgIpc) is 2.15. The molecule has 0 bridgehead atoms. The number of terminal acetylenes is 1. The Balaban J connectivity index is 3.17. The molecule has 3 nitrogen and oxygen atoms in total. The molecule has 0 aromatic rings. The molecule has 0 atom stereocenters. The molecule has 86 valence electrons. The number of unbranched alkanes of at least 4 members (excludes halogenated alkanes) is 2. The largest absolute Gasteiger partial charge is 0.354 e. The molecule has 15 heavy (non-hydrogen) atoms. The summed E-state index contributed by atoms with van der Waals surface area (Å²) in [4.78, 5) is 11.2. The van der Waals surface area contributed by atoms with Gasteiger partial charge in [0.1, 0.15) is 0 Å². The van der Waals surface area contributed by atoms with Crippen molar-refractivity contribution in [2.24, 2.45) is 0 Å². The number of hydrogen-bond acceptors (Lipinski definition) is 2. The van der Waals surface area contributed by atoms with Crippen LogP contribution < -0.4 is 10.6 Å². The minimum atomic E-state index is 0.112. The minimum absolute atomic E-state index is 0.112. The standard InChI is InChI=1S/C12H22N2O/c1-4-5-6-7-9-13-10-8-12(15)14-11(2)3/h1,11,13H,5-10H2,2-3H3,(H,14,15). The predicted molar refractivity (Wildman–Crippen MR) is 63.4 cm³/mol. The Kier molecular flexibility index (Phi) is 8.90. The first-order valence-electron chi connectivity index (χ1n) is 5.60. The summed E-state index contributed by atoms with van der Waals surface area (Å²) in [6, 6.07) is 0.230. The van der Waals surface area contributed by atoms with Crippen LogP contribution in [0.3, 0.4) is 0 Å². The van der Waals surface area contributed by atoms with Crippen LogP contribution in [-0.2, 0) is 4.79 Å². The highest BCUT2D eigenvalue weighted by Gasteiger charge is 2.01. The quantitative estimate of drug-likeness (QED) is 0.468. The fourth-order valence-corrected chi connectivity index (χ4v) is 1.20. The molecule has 3 heteroatoms. The van der Waals surface area contributed by atoms with Gasteiger partial charge in [-0.3, -0.25) is 4.79 Å². The lowest BCUT2D eigenvalue weighted by Gasteiger charge is -2.08. The first-order valence-corrected chi connectivity index (χ1v) is 5.60. The van der Waals surface area contributed by atoms with Crippen molar-refractivity contribution in [3.63, 3.8) is 0 Å². The van der Waals surface area contributed by atoms with E-state index in [1.807, 2.05) is 13.8 Å². The van der Waals surface area contributed by atoms with Gasteiger partial charge in [0.15, 0.2) is 0 Å². The van der Waals surface area contributed by atoms with E-state index in [-0.39, 0.29) is 11.9 Å². The lowest BCUT2D eigenvalue weighted by atomic mass is 10.2. The third kappa shape index (κ3) is 10.9. The predicted octanol–water partition coefficient (Wildman–Crippen LogP) is 1.29. The molecule has 0 saturated heterocycles. The second-order valence-corrected chi connectivity index (χ2v) is 3.88. The fourth-order valence-electron chi connectivity index (χ4n) is 1.20. The summed E-state index contributed by atoms with van der Waals surface area (Å²) in [5.74, 6) is 2.72. The summed E-state index contributed by atoms with van der Waals surface area (Å²) < 4.78 is 0. The molecular weight excluding hydrogens is 188 g/mol. The molecule has 2 N–H and O–H groups in total. The normalized spacial score (nSPS) is 10.0. The van der Waals surface area contributed by atoms with Crippen LogP contribution in [0.1, 0.15) is 39.5 Å². The zero-order valence-corrected chi connectivity index (χ0v) is 9.81. The molecule has 0 aliphatic rings. The Morgan fingerprint density at radius 1 is 1.33 bits per heavy atom. The van der Waals surface area contributed by atoms with Crippen LogP contribution in [0.15, 0.2) is 0 Å². The van der Waals surface area contributed by atoms with Crippen molar-refractivity contribution in [1.29, 1.82) is 0 Å². The van der Waals surface area contributed by atoms with E-state index in [0.29, 0.717) is 6.42 Å². The Hall–Kier alpha value is -1.01. The molecule has 0 spiro atoms. The zero-order valence-electron chi connectivity index (χ0n) is 9.81. The van der Waals surface area contributed by atoms with Crippen molar-refractivity contribution in [2.45, 2.75) is 45.6 Å². The number of carbonyl (C=O) groups is 1. The molecule has 0 fully saturated rings. The second-order valence-electron chi connectivity index (χ2n) is 3.88. The van der Waals surface area contributed by atoms with E-state index >= 15 is 0 Å². The molecule has 0 heterocycles. The van der Waals surface area contributed by atoms with Gasteiger partial charge >= 0.3 is 0 Å².